The highest BCUT2D eigenvalue weighted by atomic mass is 15.3. The van der Waals surface area contributed by atoms with E-state index in [1.165, 1.54) is 0 Å². The Kier molecular flexibility index (Phi) is 1.58. The quantitative estimate of drug-likeness (QED) is 0.643. The zero-order valence-electron chi connectivity index (χ0n) is 8.18. The second kappa shape index (κ2) is 2.91. The molecule has 0 aliphatic rings. The lowest BCUT2D eigenvalue weighted by Crippen LogP contribution is -1.89. The first kappa shape index (κ1) is 8.16. The second-order valence-electron chi connectivity index (χ2n) is 3.38. The number of H-pyrrole nitrogens is 1. The standard InChI is InChI=1S/C10H9N5/c1-15-10-2-7(8-4-12-13-5-8)3-11-9(10)6-14-15/h2-6H,1H3,(H,12,13). The summed E-state index contributed by atoms with van der Waals surface area (Å²) in [4.78, 5) is 4.33. The molecular weight excluding hydrogens is 190 g/mol. The van der Waals surface area contributed by atoms with E-state index in [0.717, 1.165) is 22.2 Å². The summed E-state index contributed by atoms with van der Waals surface area (Å²) in [6, 6.07) is 2.06. The summed E-state index contributed by atoms with van der Waals surface area (Å²) in [7, 11) is 1.91. The number of hydrogen-bond acceptors (Lipinski definition) is 3. The Morgan fingerprint density at radius 2 is 2.13 bits per heavy atom. The normalized spacial score (nSPS) is 11.0. The topological polar surface area (TPSA) is 59.4 Å². The lowest BCUT2D eigenvalue weighted by atomic mass is 10.1. The number of hydrogen-bond donors (Lipinski definition) is 1. The van der Waals surface area contributed by atoms with Crippen LogP contribution in [0.3, 0.4) is 0 Å². The van der Waals surface area contributed by atoms with Crippen molar-refractivity contribution in [1.29, 1.82) is 0 Å². The molecule has 0 amide bonds. The third-order valence-electron chi connectivity index (χ3n) is 2.43. The monoisotopic (exact) mass is 199 g/mol. The summed E-state index contributed by atoms with van der Waals surface area (Å²) in [5.41, 5.74) is 4.00. The van der Waals surface area contributed by atoms with E-state index in [2.05, 4.69) is 26.3 Å². The summed E-state index contributed by atoms with van der Waals surface area (Å²) in [6.07, 6.45) is 7.21. The molecule has 0 spiro atoms. The van der Waals surface area contributed by atoms with Gasteiger partial charge in [-0.05, 0) is 6.07 Å². The second-order valence-corrected chi connectivity index (χ2v) is 3.38. The summed E-state index contributed by atoms with van der Waals surface area (Å²) >= 11 is 0. The van der Waals surface area contributed by atoms with E-state index in [9.17, 15) is 0 Å². The van der Waals surface area contributed by atoms with E-state index in [4.69, 9.17) is 0 Å². The Bertz CT molecular complexity index is 593. The van der Waals surface area contributed by atoms with Gasteiger partial charge in [0, 0.05) is 30.6 Å². The van der Waals surface area contributed by atoms with E-state index in [0.29, 0.717) is 0 Å². The smallest absolute Gasteiger partial charge is 0.108 e. The zero-order chi connectivity index (χ0) is 10.3. The van der Waals surface area contributed by atoms with Gasteiger partial charge in [0.25, 0.3) is 0 Å². The minimum absolute atomic E-state index is 0.907. The van der Waals surface area contributed by atoms with E-state index in [1.807, 2.05) is 24.1 Å². The fraction of sp³-hybridized carbons (Fsp3) is 0.100. The number of aryl methyl sites for hydroxylation is 1. The van der Waals surface area contributed by atoms with Gasteiger partial charge in [-0.15, -0.1) is 0 Å². The highest BCUT2D eigenvalue weighted by molar-refractivity contribution is 5.79. The molecule has 0 aliphatic heterocycles. The lowest BCUT2D eigenvalue weighted by Gasteiger charge is -1.97. The maximum Gasteiger partial charge on any atom is 0.108 e. The van der Waals surface area contributed by atoms with Crippen molar-refractivity contribution in [1.82, 2.24) is 25.0 Å². The van der Waals surface area contributed by atoms with Crippen LogP contribution in [0, 0.1) is 0 Å². The average molecular weight is 199 g/mol. The van der Waals surface area contributed by atoms with Crippen LogP contribution < -0.4 is 0 Å². The minimum Gasteiger partial charge on any atom is -0.285 e. The van der Waals surface area contributed by atoms with Crippen molar-refractivity contribution >= 4 is 11.0 Å². The summed E-state index contributed by atoms with van der Waals surface area (Å²) < 4.78 is 1.81. The van der Waals surface area contributed by atoms with Crippen LogP contribution in [0.25, 0.3) is 22.2 Å². The largest absolute Gasteiger partial charge is 0.285 e. The molecule has 0 bridgehead atoms. The van der Waals surface area contributed by atoms with Crippen molar-refractivity contribution in [3.05, 3.63) is 30.9 Å². The van der Waals surface area contributed by atoms with Crippen LogP contribution in [0.5, 0.6) is 0 Å². The zero-order valence-corrected chi connectivity index (χ0v) is 8.18. The Balaban J connectivity index is 2.25. The molecule has 3 aromatic rings. The van der Waals surface area contributed by atoms with Crippen molar-refractivity contribution in [2.24, 2.45) is 7.05 Å². The van der Waals surface area contributed by atoms with Crippen LogP contribution in [0.4, 0.5) is 0 Å². The summed E-state index contributed by atoms with van der Waals surface area (Å²) in [5.74, 6) is 0. The molecule has 0 unspecified atom stereocenters. The number of nitrogens with one attached hydrogen (secondary N) is 1. The van der Waals surface area contributed by atoms with Crippen molar-refractivity contribution in [2.45, 2.75) is 0 Å². The molecule has 3 rings (SSSR count). The van der Waals surface area contributed by atoms with Crippen molar-refractivity contribution in [2.75, 3.05) is 0 Å². The Morgan fingerprint density at radius 3 is 2.93 bits per heavy atom. The maximum atomic E-state index is 4.33. The first-order valence-corrected chi connectivity index (χ1v) is 4.61. The van der Waals surface area contributed by atoms with Gasteiger partial charge in [0.15, 0.2) is 0 Å². The molecule has 5 heteroatoms. The van der Waals surface area contributed by atoms with Crippen molar-refractivity contribution in [3.63, 3.8) is 0 Å². The highest BCUT2D eigenvalue weighted by Gasteiger charge is 2.04. The minimum atomic E-state index is 0.907. The van der Waals surface area contributed by atoms with Gasteiger partial charge >= 0.3 is 0 Å². The number of pyridine rings is 1. The Labute approximate surface area is 85.8 Å². The van der Waals surface area contributed by atoms with Crippen LogP contribution >= 0.6 is 0 Å². The van der Waals surface area contributed by atoms with E-state index in [-0.39, 0.29) is 0 Å². The van der Waals surface area contributed by atoms with Gasteiger partial charge in [-0.1, -0.05) is 0 Å². The molecule has 0 atom stereocenters. The van der Waals surface area contributed by atoms with Gasteiger partial charge in [-0.3, -0.25) is 14.8 Å². The average Bonchev–Trinajstić information content (AvgIpc) is 2.88. The molecular formula is C10H9N5. The van der Waals surface area contributed by atoms with Crippen LogP contribution in [-0.2, 0) is 7.05 Å². The van der Waals surface area contributed by atoms with Gasteiger partial charge in [0.1, 0.15) is 5.52 Å². The van der Waals surface area contributed by atoms with Gasteiger partial charge in [0.2, 0.25) is 0 Å². The molecule has 0 aliphatic carbocycles. The van der Waals surface area contributed by atoms with Gasteiger partial charge in [-0.2, -0.15) is 10.2 Å². The van der Waals surface area contributed by atoms with Crippen LogP contribution in [0.2, 0.25) is 0 Å². The molecule has 5 nitrogen and oxygen atoms in total. The van der Waals surface area contributed by atoms with Gasteiger partial charge in [0.05, 0.1) is 17.9 Å². The molecule has 74 valence electrons. The van der Waals surface area contributed by atoms with E-state index < -0.39 is 0 Å². The third-order valence-corrected chi connectivity index (χ3v) is 2.43. The lowest BCUT2D eigenvalue weighted by molar-refractivity contribution is 0.797. The molecule has 1 N–H and O–H groups in total. The number of rotatable bonds is 1. The maximum absolute atomic E-state index is 4.33. The predicted molar refractivity (Wildman–Crippen MR) is 56.1 cm³/mol. The molecule has 0 saturated heterocycles. The number of aromatic nitrogens is 5. The number of aromatic amines is 1. The summed E-state index contributed by atoms with van der Waals surface area (Å²) in [6.45, 7) is 0. The first-order chi connectivity index (χ1) is 7.34. The highest BCUT2D eigenvalue weighted by Crippen LogP contribution is 2.20. The fourth-order valence-corrected chi connectivity index (χ4v) is 1.59. The molecule has 15 heavy (non-hydrogen) atoms. The summed E-state index contributed by atoms with van der Waals surface area (Å²) in [5, 5.41) is 10.8. The van der Waals surface area contributed by atoms with Gasteiger partial charge < -0.3 is 0 Å². The SMILES string of the molecule is Cn1ncc2ncc(-c3cn[nH]c3)cc21. The Hall–Kier alpha value is -2.17. The predicted octanol–water partition coefficient (Wildman–Crippen LogP) is 1.36. The van der Waals surface area contributed by atoms with Crippen molar-refractivity contribution in [3.8, 4) is 11.1 Å². The van der Waals surface area contributed by atoms with E-state index >= 15 is 0 Å². The molecule has 0 aromatic carbocycles. The molecule has 0 fully saturated rings. The molecule has 0 radical (unpaired) electrons. The van der Waals surface area contributed by atoms with Gasteiger partial charge in [-0.25, -0.2) is 0 Å². The first-order valence-electron chi connectivity index (χ1n) is 4.61. The number of fused-ring (bicyclic) bond motifs is 1. The Morgan fingerprint density at radius 1 is 1.20 bits per heavy atom. The third kappa shape index (κ3) is 1.20. The van der Waals surface area contributed by atoms with Crippen molar-refractivity contribution < 1.29 is 0 Å². The number of nitrogens with zero attached hydrogens (tertiary/aromatic N) is 4. The van der Waals surface area contributed by atoms with Crippen LogP contribution in [0.1, 0.15) is 0 Å². The van der Waals surface area contributed by atoms with E-state index in [1.54, 1.807) is 12.4 Å². The fourth-order valence-electron chi connectivity index (χ4n) is 1.59. The van der Waals surface area contributed by atoms with Crippen LogP contribution in [0.15, 0.2) is 30.9 Å². The van der Waals surface area contributed by atoms with Crippen LogP contribution in [-0.4, -0.2) is 25.0 Å². The molecule has 0 saturated carbocycles. The molecule has 3 heterocycles. The molecule has 3 aromatic heterocycles.